The van der Waals surface area contributed by atoms with Gasteiger partial charge in [0.2, 0.25) is 0 Å². The Balaban J connectivity index is 2.60. The van der Waals surface area contributed by atoms with Crippen LogP contribution in [-0.2, 0) is 13.8 Å². The lowest BCUT2D eigenvalue weighted by atomic mass is 10.2. The van der Waals surface area contributed by atoms with Gasteiger partial charge in [0.1, 0.15) is 22.8 Å². The maximum atomic E-state index is 13.7. The molecule has 2 aromatic rings. The Hall–Kier alpha value is -2.34. The molecule has 1 atom stereocenters. The van der Waals surface area contributed by atoms with Gasteiger partial charge in [0, 0.05) is 24.5 Å². The van der Waals surface area contributed by atoms with E-state index in [-0.39, 0.29) is 35.6 Å². The van der Waals surface area contributed by atoms with Crippen molar-refractivity contribution in [1.29, 1.82) is 0 Å². The lowest BCUT2D eigenvalue weighted by Gasteiger charge is -2.20. The molecule has 7 nitrogen and oxygen atoms in total. The van der Waals surface area contributed by atoms with Crippen molar-refractivity contribution in [2.24, 2.45) is 0 Å². The summed E-state index contributed by atoms with van der Waals surface area (Å²) < 4.78 is 40.1. The third-order valence-electron chi connectivity index (χ3n) is 3.85. The fourth-order valence-electron chi connectivity index (χ4n) is 2.49. The van der Waals surface area contributed by atoms with E-state index in [9.17, 15) is 9.36 Å². The number of carbonyl (C=O) groups is 1. The quantitative estimate of drug-likeness (QED) is 0.452. The molecule has 0 aliphatic heterocycles. The van der Waals surface area contributed by atoms with Gasteiger partial charge in [-0.3, -0.25) is 9.36 Å². The van der Waals surface area contributed by atoms with Crippen LogP contribution < -0.4 is 19.5 Å². The molecule has 2 aromatic carbocycles. The third-order valence-corrected chi connectivity index (χ3v) is 6.14. The molecule has 27 heavy (non-hydrogen) atoms. The Kier molecular flexibility index (Phi) is 7.42. The SMILES string of the molecule is COCCOP(=O)(C(=O)c1c(OC)cc(OC)cc1OC)c1ccccc1. The predicted octanol–water partition coefficient (Wildman–Crippen LogP) is 3.12. The molecule has 0 radical (unpaired) electrons. The molecule has 0 saturated carbocycles. The van der Waals surface area contributed by atoms with Crippen molar-refractivity contribution >= 4 is 18.2 Å². The van der Waals surface area contributed by atoms with Crippen LogP contribution in [0, 0.1) is 0 Å². The summed E-state index contributed by atoms with van der Waals surface area (Å²) in [4.78, 5) is 13.4. The largest absolute Gasteiger partial charge is 0.496 e. The van der Waals surface area contributed by atoms with E-state index in [2.05, 4.69) is 0 Å². The minimum Gasteiger partial charge on any atom is -0.496 e. The van der Waals surface area contributed by atoms with E-state index in [0.29, 0.717) is 5.75 Å². The molecule has 0 aliphatic rings. The Labute approximate surface area is 158 Å². The molecular formula is C19H23O7P. The van der Waals surface area contributed by atoms with Gasteiger partial charge >= 0.3 is 7.37 Å². The first-order chi connectivity index (χ1) is 13.0. The summed E-state index contributed by atoms with van der Waals surface area (Å²) in [5.41, 5.74) is -0.688. The third kappa shape index (κ3) is 4.50. The highest BCUT2D eigenvalue weighted by Gasteiger charge is 2.39. The molecule has 146 valence electrons. The van der Waals surface area contributed by atoms with Crippen LogP contribution in [0.2, 0.25) is 0 Å². The van der Waals surface area contributed by atoms with Crippen LogP contribution in [0.5, 0.6) is 17.2 Å². The number of methoxy groups -OCH3 is 4. The van der Waals surface area contributed by atoms with Crippen LogP contribution in [0.15, 0.2) is 42.5 Å². The molecule has 0 N–H and O–H groups in total. The fourth-order valence-corrected chi connectivity index (χ4v) is 4.40. The van der Waals surface area contributed by atoms with Gasteiger partial charge in [0.15, 0.2) is 0 Å². The highest BCUT2D eigenvalue weighted by molar-refractivity contribution is 7.83. The van der Waals surface area contributed by atoms with Gasteiger partial charge in [-0.15, -0.1) is 0 Å². The van der Waals surface area contributed by atoms with E-state index in [1.807, 2.05) is 0 Å². The zero-order valence-electron chi connectivity index (χ0n) is 15.8. The van der Waals surface area contributed by atoms with Crippen LogP contribution in [0.4, 0.5) is 0 Å². The molecule has 0 aliphatic carbocycles. The summed E-state index contributed by atoms with van der Waals surface area (Å²) in [5.74, 6) is 0.806. The molecule has 0 spiro atoms. The lowest BCUT2D eigenvalue weighted by Crippen LogP contribution is -2.18. The molecule has 0 bridgehead atoms. The molecule has 2 rings (SSSR count). The van der Waals surface area contributed by atoms with Crippen molar-refractivity contribution in [1.82, 2.24) is 0 Å². The van der Waals surface area contributed by atoms with Gasteiger partial charge in [-0.25, -0.2) is 0 Å². The maximum Gasteiger partial charge on any atom is 0.301 e. The topological polar surface area (TPSA) is 80.3 Å². The zero-order valence-corrected chi connectivity index (χ0v) is 16.7. The van der Waals surface area contributed by atoms with Crippen LogP contribution in [0.3, 0.4) is 0 Å². The van der Waals surface area contributed by atoms with Crippen LogP contribution in [-0.4, -0.2) is 47.2 Å². The minimum atomic E-state index is -3.94. The van der Waals surface area contributed by atoms with Gasteiger partial charge < -0.3 is 23.5 Å². The molecule has 0 aromatic heterocycles. The van der Waals surface area contributed by atoms with Crippen molar-refractivity contribution in [3.8, 4) is 17.2 Å². The van der Waals surface area contributed by atoms with E-state index in [1.165, 1.54) is 40.6 Å². The second kappa shape index (κ2) is 9.55. The van der Waals surface area contributed by atoms with Crippen LogP contribution in [0.25, 0.3) is 0 Å². The van der Waals surface area contributed by atoms with Gasteiger partial charge in [-0.1, -0.05) is 18.2 Å². The highest BCUT2D eigenvalue weighted by Crippen LogP contribution is 2.52. The zero-order chi connectivity index (χ0) is 19.9. The first-order valence-electron chi connectivity index (χ1n) is 8.15. The van der Waals surface area contributed by atoms with Gasteiger partial charge in [-0.05, 0) is 12.1 Å². The molecule has 0 amide bonds. The normalized spacial score (nSPS) is 12.9. The average Bonchev–Trinajstić information content (AvgIpc) is 2.72. The van der Waals surface area contributed by atoms with Crippen molar-refractivity contribution in [3.05, 3.63) is 48.0 Å². The summed E-state index contributed by atoms with van der Waals surface area (Å²) in [6.45, 7) is 0.191. The first kappa shape index (κ1) is 21.0. The molecule has 0 fully saturated rings. The monoisotopic (exact) mass is 394 g/mol. The molecule has 0 heterocycles. The van der Waals surface area contributed by atoms with Crippen molar-refractivity contribution in [2.45, 2.75) is 0 Å². The number of benzene rings is 2. The average molecular weight is 394 g/mol. The van der Waals surface area contributed by atoms with Gasteiger partial charge in [-0.2, -0.15) is 0 Å². The Morgan fingerprint density at radius 2 is 1.48 bits per heavy atom. The highest BCUT2D eigenvalue weighted by atomic mass is 31.2. The Morgan fingerprint density at radius 3 is 1.96 bits per heavy atom. The van der Waals surface area contributed by atoms with Gasteiger partial charge in [0.05, 0.1) is 34.5 Å². The number of hydrogen-bond donors (Lipinski definition) is 0. The van der Waals surface area contributed by atoms with Crippen LogP contribution >= 0.6 is 7.37 Å². The first-order valence-corrected chi connectivity index (χ1v) is 9.78. The van der Waals surface area contributed by atoms with E-state index < -0.39 is 12.9 Å². The number of carbonyl (C=O) groups excluding carboxylic acids is 1. The lowest BCUT2D eigenvalue weighted by molar-refractivity contribution is 0.103. The predicted molar refractivity (Wildman–Crippen MR) is 102 cm³/mol. The second-order valence-electron chi connectivity index (χ2n) is 5.43. The van der Waals surface area contributed by atoms with Crippen molar-refractivity contribution in [3.63, 3.8) is 0 Å². The summed E-state index contributed by atoms with van der Waals surface area (Å²) >= 11 is 0. The standard InChI is InChI=1S/C19H23O7P/c1-22-10-11-26-27(21,15-8-6-5-7-9-15)19(20)18-16(24-3)12-14(23-2)13-17(18)25-4/h5-9,12-13H,10-11H2,1-4H3. The minimum absolute atomic E-state index is 0.00476. The summed E-state index contributed by atoms with van der Waals surface area (Å²) in [6.07, 6.45) is 0. The summed E-state index contributed by atoms with van der Waals surface area (Å²) in [7, 11) is 1.85. The van der Waals surface area contributed by atoms with Crippen LogP contribution in [0.1, 0.15) is 10.4 Å². The number of hydrogen-bond acceptors (Lipinski definition) is 7. The smallest absolute Gasteiger partial charge is 0.301 e. The Morgan fingerprint density at radius 1 is 0.889 bits per heavy atom. The maximum absolute atomic E-state index is 13.7. The van der Waals surface area contributed by atoms with E-state index >= 15 is 0 Å². The fraction of sp³-hybridized carbons (Fsp3) is 0.316. The number of ether oxygens (including phenoxy) is 4. The Bertz CT molecular complexity index is 795. The van der Waals surface area contributed by atoms with Gasteiger partial charge in [0.25, 0.3) is 5.52 Å². The second-order valence-corrected chi connectivity index (χ2v) is 7.71. The van der Waals surface area contributed by atoms with Crippen molar-refractivity contribution in [2.75, 3.05) is 41.7 Å². The molecule has 0 saturated heterocycles. The van der Waals surface area contributed by atoms with E-state index in [4.69, 9.17) is 23.5 Å². The summed E-state index contributed by atoms with van der Waals surface area (Å²) in [6, 6.07) is 11.4. The van der Waals surface area contributed by atoms with E-state index in [0.717, 1.165) is 0 Å². The number of rotatable bonds is 10. The van der Waals surface area contributed by atoms with Crippen molar-refractivity contribution < 1.29 is 32.8 Å². The molecular weight excluding hydrogens is 371 g/mol. The molecule has 1 unspecified atom stereocenters. The van der Waals surface area contributed by atoms with E-state index in [1.54, 1.807) is 30.3 Å². The molecule has 8 heteroatoms. The summed E-state index contributed by atoms with van der Waals surface area (Å²) in [5, 5.41) is 0.283.